The first kappa shape index (κ1) is 11.7. The van der Waals surface area contributed by atoms with Crippen LogP contribution in [0.1, 0.15) is 12.8 Å². The summed E-state index contributed by atoms with van der Waals surface area (Å²) < 4.78 is 10.7. The van der Waals surface area contributed by atoms with Crippen molar-refractivity contribution in [2.45, 2.75) is 12.8 Å². The summed E-state index contributed by atoms with van der Waals surface area (Å²) in [6, 6.07) is 0. The van der Waals surface area contributed by atoms with Crippen LogP contribution in [-0.2, 0) is 9.47 Å². The van der Waals surface area contributed by atoms with Gasteiger partial charge in [-0.15, -0.1) is 0 Å². The summed E-state index contributed by atoms with van der Waals surface area (Å²) in [5, 5.41) is 0. The molecule has 5 nitrogen and oxygen atoms in total. The van der Waals surface area contributed by atoms with Gasteiger partial charge in [0.25, 0.3) is 0 Å². The number of ether oxygens (including phenoxy) is 2. The van der Waals surface area contributed by atoms with Crippen LogP contribution < -0.4 is 5.73 Å². The molecule has 2 rings (SSSR count). The highest BCUT2D eigenvalue weighted by atomic mass is 16.5. The van der Waals surface area contributed by atoms with Crippen molar-refractivity contribution in [2.75, 3.05) is 46.1 Å². The molecule has 2 aliphatic rings. The Morgan fingerprint density at radius 1 is 1.38 bits per heavy atom. The molecule has 92 valence electrons. The Bertz CT molecular complexity index is 235. The third-order valence-corrected chi connectivity index (χ3v) is 2.89. The van der Waals surface area contributed by atoms with Crippen LogP contribution in [0.4, 0.5) is 0 Å². The van der Waals surface area contributed by atoms with E-state index in [2.05, 4.69) is 9.89 Å². The molecule has 0 amide bonds. The Kier molecular flexibility index (Phi) is 4.42. The molecule has 1 aliphatic carbocycles. The van der Waals surface area contributed by atoms with Crippen LogP contribution in [0.5, 0.6) is 0 Å². The highest BCUT2D eigenvalue weighted by molar-refractivity contribution is 5.78. The van der Waals surface area contributed by atoms with Crippen molar-refractivity contribution in [3.05, 3.63) is 0 Å². The minimum Gasteiger partial charge on any atom is -0.379 e. The summed E-state index contributed by atoms with van der Waals surface area (Å²) in [5.41, 5.74) is 5.87. The second-order valence-electron chi connectivity index (χ2n) is 4.36. The third kappa shape index (κ3) is 3.98. The molecule has 0 aromatic heterocycles. The maximum atomic E-state index is 5.87. The van der Waals surface area contributed by atoms with Crippen molar-refractivity contribution in [3.8, 4) is 0 Å². The highest BCUT2D eigenvalue weighted by Gasteiger charge is 2.20. The van der Waals surface area contributed by atoms with E-state index in [9.17, 15) is 0 Å². The lowest BCUT2D eigenvalue weighted by Crippen LogP contribution is -2.45. The second kappa shape index (κ2) is 6.06. The summed E-state index contributed by atoms with van der Waals surface area (Å²) in [6.45, 7) is 5.42. The molecule has 1 saturated heterocycles. The van der Waals surface area contributed by atoms with Gasteiger partial charge in [-0.25, -0.2) is 0 Å². The largest absolute Gasteiger partial charge is 0.379 e. The SMILES string of the molecule is NC(=NCCOCC1CC1)N1CCOCC1. The van der Waals surface area contributed by atoms with Crippen molar-refractivity contribution < 1.29 is 9.47 Å². The molecule has 5 heteroatoms. The Morgan fingerprint density at radius 3 is 2.81 bits per heavy atom. The maximum Gasteiger partial charge on any atom is 0.191 e. The minimum atomic E-state index is 0.623. The van der Waals surface area contributed by atoms with E-state index in [0.29, 0.717) is 19.1 Å². The lowest BCUT2D eigenvalue weighted by atomic mass is 10.4. The van der Waals surface area contributed by atoms with E-state index in [1.807, 2.05) is 0 Å². The quantitative estimate of drug-likeness (QED) is 0.410. The average molecular weight is 227 g/mol. The van der Waals surface area contributed by atoms with Crippen molar-refractivity contribution >= 4 is 5.96 Å². The molecule has 1 aliphatic heterocycles. The van der Waals surface area contributed by atoms with Crippen LogP contribution >= 0.6 is 0 Å². The Morgan fingerprint density at radius 2 is 2.12 bits per heavy atom. The second-order valence-corrected chi connectivity index (χ2v) is 4.36. The molecule has 0 aromatic carbocycles. The predicted octanol–water partition coefficient (Wildman–Crippen LogP) is 0.0599. The molecular weight excluding hydrogens is 206 g/mol. The molecule has 1 heterocycles. The maximum absolute atomic E-state index is 5.87. The van der Waals surface area contributed by atoms with Gasteiger partial charge in [0.2, 0.25) is 0 Å². The van der Waals surface area contributed by atoms with Gasteiger partial charge in [-0.2, -0.15) is 0 Å². The fraction of sp³-hybridized carbons (Fsp3) is 0.909. The molecule has 0 bridgehead atoms. The summed E-state index contributed by atoms with van der Waals surface area (Å²) in [4.78, 5) is 6.36. The fourth-order valence-electron chi connectivity index (χ4n) is 1.65. The molecule has 0 atom stereocenters. The third-order valence-electron chi connectivity index (χ3n) is 2.89. The highest BCUT2D eigenvalue weighted by Crippen LogP contribution is 2.28. The van der Waals surface area contributed by atoms with Crippen LogP contribution in [0, 0.1) is 5.92 Å². The zero-order chi connectivity index (χ0) is 11.2. The molecular formula is C11H21N3O2. The molecule has 0 unspecified atom stereocenters. The van der Waals surface area contributed by atoms with E-state index in [-0.39, 0.29) is 0 Å². The Balaban J connectivity index is 1.57. The molecule has 0 spiro atoms. The summed E-state index contributed by atoms with van der Waals surface area (Å²) >= 11 is 0. The lowest BCUT2D eigenvalue weighted by molar-refractivity contribution is 0.0672. The van der Waals surface area contributed by atoms with Gasteiger partial charge < -0.3 is 20.1 Å². The number of hydrogen-bond acceptors (Lipinski definition) is 3. The van der Waals surface area contributed by atoms with Crippen molar-refractivity contribution in [1.29, 1.82) is 0 Å². The van der Waals surface area contributed by atoms with Crippen molar-refractivity contribution in [1.82, 2.24) is 4.90 Å². The number of guanidine groups is 1. The van der Waals surface area contributed by atoms with Gasteiger partial charge in [-0.1, -0.05) is 0 Å². The lowest BCUT2D eigenvalue weighted by Gasteiger charge is -2.27. The van der Waals surface area contributed by atoms with Crippen LogP contribution in [0.3, 0.4) is 0 Å². The molecule has 2 N–H and O–H groups in total. The van der Waals surface area contributed by atoms with Crippen LogP contribution in [0.25, 0.3) is 0 Å². The number of morpholine rings is 1. The van der Waals surface area contributed by atoms with Gasteiger partial charge >= 0.3 is 0 Å². The van der Waals surface area contributed by atoms with Crippen molar-refractivity contribution in [3.63, 3.8) is 0 Å². The fourth-order valence-corrected chi connectivity index (χ4v) is 1.65. The van der Waals surface area contributed by atoms with Gasteiger partial charge in [-0.05, 0) is 18.8 Å². The van der Waals surface area contributed by atoms with E-state index in [1.54, 1.807) is 0 Å². The molecule has 16 heavy (non-hydrogen) atoms. The molecule has 0 aromatic rings. The number of aliphatic imine (C=N–C) groups is 1. The normalized spacial score (nSPS) is 22.5. The number of hydrogen-bond donors (Lipinski definition) is 1. The standard InChI is InChI=1S/C11H21N3O2/c12-11(14-4-7-15-8-5-14)13-3-6-16-9-10-1-2-10/h10H,1-9H2,(H2,12,13). The summed E-state index contributed by atoms with van der Waals surface area (Å²) in [5.74, 6) is 1.44. The number of nitrogens with zero attached hydrogens (tertiary/aromatic N) is 2. The van der Waals surface area contributed by atoms with Crippen LogP contribution in [0.2, 0.25) is 0 Å². The van der Waals surface area contributed by atoms with Crippen LogP contribution in [-0.4, -0.2) is 56.9 Å². The summed E-state index contributed by atoms with van der Waals surface area (Å²) in [7, 11) is 0. The first-order valence-electron chi connectivity index (χ1n) is 6.06. The van der Waals surface area contributed by atoms with E-state index in [4.69, 9.17) is 15.2 Å². The van der Waals surface area contributed by atoms with Gasteiger partial charge in [0.1, 0.15) is 0 Å². The van der Waals surface area contributed by atoms with Gasteiger partial charge in [-0.3, -0.25) is 4.99 Å². The molecule has 1 saturated carbocycles. The zero-order valence-corrected chi connectivity index (χ0v) is 9.73. The average Bonchev–Trinajstić information content (AvgIpc) is 3.13. The minimum absolute atomic E-state index is 0.623. The smallest absolute Gasteiger partial charge is 0.191 e. The van der Waals surface area contributed by atoms with E-state index in [1.165, 1.54) is 12.8 Å². The predicted molar refractivity (Wildman–Crippen MR) is 62.4 cm³/mol. The van der Waals surface area contributed by atoms with Crippen LogP contribution in [0.15, 0.2) is 4.99 Å². The van der Waals surface area contributed by atoms with Crippen molar-refractivity contribution in [2.24, 2.45) is 16.6 Å². The van der Waals surface area contributed by atoms with Gasteiger partial charge in [0.05, 0.1) is 26.4 Å². The van der Waals surface area contributed by atoms with Gasteiger partial charge in [0.15, 0.2) is 5.96 Å². The van der Waals surface area contributed by atoms with E-state index in [0.717, 1.165) is 38.8 Å². The summed E-state index contributed by atoms with van der Waals surface area (Å²) in [6.07, 6.45) is 2.67. The molecule has 2 fully saturated rings. The Labute approximate surface area is 96.6 Å². The first-order chi connectivity index (χ1) is 7.86. The number of nitrogens with two attached hydrogens (primary N) is 1. The first-order valence-corrected chi connectivity index (χ1v) is 6.06. The monoisotopic (exact) mass is 227 g/mol. The number of rotatable bonds is 5. The van der Waals surface area contributed by atoms with E-state index < -0.39 is 0 Å². The Hall–Kier alpha value is -0.810. The zero-order valence-electron chi connectivity index (χ0n) is 9.73. The van der Waals surface area contributed by atoms with E-state index >= 15 is 0 Å². The molecule has 0 radical (unpaired) electrons. The topological polar surface area (TPSA) is 60.1 Å². The van der Waals surface area contributed by atoms with Gasteiger partial charge in [0, 0.05) is 19.7 Å².